The number of aromatic nitrogens is 3. The van der Waals surface area contributed by atoms with Crippen LogP contribution < -0.4 is 9.47 Å². The summed E-state index contributed by atoms with van der Waals surface area (Å²) in [6.45, 7) is 0. The van der Waals surface area contributed by atoms with Gasteiger partial charge in [-0.15, -0.1) is 4.98 Å². The molecule has 2 aromatic carbocycles. The Kier molecular flexibility index (Phi) is 6.75. The summed E-state index contributed by atoms with van der Waals surface area (Å²) in [4.78, 5) is 24.3. The molecular weight excluding hydrogens is 442 g/mol. The van der Waals surface area contributed by atoms with Crippen molar-refractivity contribution >= 4 is 27.5 Å². The van der Waals surface area contributed by atoms with Crippen LogP contribution in [0.25, 0.3) is 5.57 Å². The first-order valence-electron chi connectivity index (χ1n) is 8.32. The van der Waals surface area contributed by atoms with Crippen molar-refractivity contribution in [3.8, 4) is 23.5 Å². The summed E-state index contributed by atoms with van der Waals surface area (Å²) < 4.78 is 22.0. The van der Waals surface area contributed by atoms with Crippen LogP contribution in [-0.2, 0) is 14.3 Å². The van der Waals surface area contributed by atoms with E-state index in [1.807, 2.05) is 18.2 Å². The largest absolute Gasteiger partial charge is 0.503 e. The summed E-state index contributed by atoms with van der Waals surface area (Å²) in [7, 11) is 2.72. The number of carbonyl (C=O) groups excluding carboxylic acids is 1. The number of halogens is 1. The minimum Gasteiger partial charge on any atom is -0.503 e. The lowest BCUT2D eigenvalue weighted by atomic mass is 10.1. The van der Waals surface area contributed by atoms with Gasteiger partial charge in [0.15, 0.2) is 0 Å². The molecule has 0 aliphatic rings. The predicted molar refractivity (Wildman–Crippen MR) is 108 cm³/mol. The van der Waals surface area contributed by atoms with E-state index in [1.54, 1.807) is 30.3 Å². The maximum absolute atomic E-state index is 12.1. The molecule has 0 spiro atoms. The summed E-state index contributed by atoms with van der Waals surface area (Å²) in [6, 6.07) is 14.2. The topological polar surface area (TPSA) is 92.7 Å². The van der Waals surface area contributed by atoms with Crippen LogP contribution in [0.15, 0.2) is 65.6 Å². The van der Waals surface area contributed by atoms with Gasteiger partial charge in [-0.3, -0.25) is 0 Å². The minimum absolute atomic E-state index is 0.00358. The number of hydrogen-bond donors (Lipinski definition) is 0. The number of carbonyl (C=O) groups is 1. The van der Waals surface area contributed by atoms with Gasteiger partial charge in [0.2, 0.25) is 0 Å². The van der Waals surface area contributed by atoms with Crippen LogP contribution in [0, 0.1) is 0 Å². The molecule has 0 fully saturated rings. The maximum Gasteiger partial charge on any atom is 0.341 e. The number of hydrogen-bond acceptors (Lipinski definition) is 8. The van der Waals surface area contributed by atoms with Crippen LogP contribution >= 0.6 is 15.9 Å². The summed E-state index contributed by atoms with van der Waals surface area (Å²) >= 11 is 3.40. The number of ether oxygens (including phenoxy) is 4. The SMILES string of the molecule is COC=C(C(=O)OC)c1ccccc1Oc1ncnc(Oc2ccccc2Br)n1. The zero-order chi connectivity index (χ0) is 20.6. The lowest BCUT2D eigenvalue weighted by molar-refractivity contribution is -0.133. The molecule has 9 heteroatoms. The van der Waals surface area contributed by atoms with E-state index >= 15 is 0 Å². The molecule has 0 unspecified atom stereocenters. The molecule has 0 saturated heterocycles. The predicted octanol–water partition coefficient (Wildman–Crippen LogP) is 4.38. The second kappa shape index (κ2) is 9.65. The number of benzene rings is 2. The second-order valence-corrected chi connectivity index (χ2v) is 6.29. The van der Waals surface area contributed by atoms with Crippen molar-refractivity contribution in [3.63, 3.8) is 0 Å². The fourth-order valence-electron chi connectivity index (χ4n) is 2.32. The van der Waals surface area contributed by atoms with E-state index in [0.29, 0.717) is 17.1 Å². The first kappa shape index (κ1) is 20.3. The number of para-hydroxylation sites is 2. The van der Waals surface area contributed by atoms with Gasteiger partial charge >= 0.3 is 18.0 Å². The van der Waals surface area contributed by atoms with Gasteiger partial charge in [0.1, 0.15) is 23.4 Å². The molecule has 0 atom stereocenters. The molecule has 0 aliphatic heterocycles. The zero-order valence-electron chi connectivity index (χ0n) is 15.5. The summed E-state index contributed by atoms with van der Waals surface area (Å²) in [5.74, 6) is 0.303. The number of rotatable bonds is 7. The molecule has 0 amide bonds. The van der Waals surface area contributed by atoms with Gasteiger partial charge in [0.25, 0.3) is 0 Å². The number of nitrogens with zero attached hydrogens (tertiary/aromatic N) is 3. The molecule has 3 rings (SSSR count). The van der Waals surface area contributed by atoms with Gasteiger partial charge in [-0.05, 0) is 34.1 Å². The van der Waals surface area contributed by atoms with Crippen molar-refractivity contribution in [2.75, 3.05) is 14.2 Å². The van der Waals surface area contributed by atoms with E-state index in [2.05, 4.69) is 30.9 Å². The van der Waals surface area contributed by atoms with Gasteiger partial charge in [0, 0.05) is 5.56 Å². The Morgan fingerprint density at radius 3 is 2.21 bits per heavy atom. The van der Waals surface area contributed by atoms with E-state index in [1.165, 1.54) is 26.8 Å². The van der Waals surface area contributed by atoms with Gasteiger partial charge in [-0.2, -0.15) is 9.97 Å². The van der Waals surface area contributed by atoms with Crippen LogP contribution in [0.2, 0.25) is 0 Å². The average Bonchev–Trinajstić information content (AvgIpc) is 2.74. The van der Waals surface area contributed by atoms with Crippen molar-refractivity contribution in [2.24, 2.45) is 0 Å². The summed E-state index contributed by atoms with van der Waals surface area (Å²) in [6.07, 6.45) is 2.55. The molecule has 0 bridgehead atoms. The lowest BCUT2D eigenvalue weighted by Gasteiger charge is -2.12. The molecule has 0 N–H and O–H groups in total. The normalized spacial score (nSPS) is 10.9. The fraction of sp³-hybridized carbons (Fsp3) is 0.100. The monoisotopic (exact) mass is 457 g/mol. The molecule has 1 aromatic heterocycles. The Labute approximate surface area is 175 Å². The summed E-state index contributed by atoms with van der Waals surface area (Å²) in [5, 5.41) is 0. The molecule has 0 aliphatic carbocycles. The Hall–Kier alpha value is -3.46. The van der Waals surface area contributed by atoms with Crippen LogP contribution in [0.4, 0.5) is 0 Å². The highest BCUT2D eigenvalue weighted by molar-refractivity contribution is 9.10. The van der Waals surface area contributed by atoms with E-state index in [-0.39, 0.29) is 17.6 Å². The lowest BCUT2D eigenvalue weighted by Crippen LogP contribution is -2.06. The van der Waals surface area contributed by atoms with Crippen LogP contribution in [0.3, 0.4) is 0 Å². The molecule has 3 aromatic rings. The van der Waals surface area contributed by atoms with E-state index in [4.69, 9.17) is 18.9 Å². The first-order chi connectivity index (χ1) is 14.1. The third kappa shape index (κ3) is 5.08. The van der Waals surface area contributed by atoms with Crippen molar-refractivity contribution in [2.45, 2.75) is 0 Å². The third-order valence-electron chi connectivity index (χ3n) is 3.59. The first-order valence-corrected chi connectivity index (χ1v) is 9.11. The maximum atomic E-state index is 12.1. The number of methoxy groups -OCH3 is 2. The fourth-order valence-corrected chi connectivity index (χ4v) is 2.68. The van der Waals surface area contributed by atoms with Gasteiger partial charge in [-0.25, -0.2) is 4.79 Å². The minimum atomic E-state index is -0.573. The van der Waals surface area contributed by atoms with Crippen molar-refractivity contribution in [3.05, 3.63) is 71.2 Å². The molecule has 148 valence electrons. The molecule has 0 saturated carbocycles. The zero-order valence-corrected chi connectivity index (χ0v) is 17.1. The number of esters is 1. The Balaban J connectivity index is 1.89. The highest BCUT2D eigenvalue weighted by atomic mass is 79.9. The second-order valence-electron chi connectivity index (χ2n) is 5.44. The molecular formula is C20H16BrN3O5. The molecule has 8 nitrogen and oxygen atoms in total. The quantitative estimate of drug-likeness (QED) is 0.293. The van der Waals surface area contributed by atoms with E-state index in [0.717, 1.165) is 4.47 Å². The van der Waals surface area contributed by atoms with Gasteiger partial charge in [-0.1, -0.05) is 30.3 Å². The average molecular weight is 458 g/mol. The van der Waals surface area contributed by atoms with Crippen LogP contribution in [0.1, 0.15) is 5.56 Å². The molecule has 29 heavy (non-hydrogen) atoms. The highest BCUT2D eigenvalue weighted by Gasteiger charge is 2.19. The smallest absolute Gasteiger partial charge is 0.341 e. The highest BCUT2D eigenvalue weighted by Crippen LogP contribution is 2.31. The van der Waals surface area contributed by atoms with Gasteiger partial charge in [0.05, 0.1) is 25.0 Å². The van der Waals surface area contributed by atoms with Crippen LogP contribution in [0.5, 0.6) is 23.5 Å². The summed E-state index contributed by atoms with van der Waals surface area (Å²) in [5.41, 5.74) is 0.638. The third-order valence-corrected chi connectivity index (χ3v) is 4.24. The van der Waals surface area contributed by atoms with E-state index < -0.39 is 5.97 Å². The Morgan fingerprint density at radius 1 is 0.931 bits per heavy atom. The van der Waals surface area contributed by atoms with Gasteiger partial charge < -0.3 is 18.9 Å². The van der Waals surface area contributed by atoms with Crippen molar-refractivity contribution < 1.29 is 23.7 Å². The molecule has 0 radical (unpaired) electrons. The van der Waals surface area contributed by atoms with Crippen LogP contribution in [-0.4, -0.2) is 35.1 Å². The van der Waals surface area contributed by atoms with E-state index in [9.17, 15) is 4.79 Å². The Morgan fingerprint density at radius 2 is 1.55 bits per heavy atom. The van der Waals surface area contributed by atoms with Crippen molar-refractivity contribution in [1.29, 1.82) is 0 Å². The Bertz CT molecular complexity index is 1040. The van der Waals surface area contributed by atoms with Crippen molar-refractivity contribution in [1.82, 2.24) is 15.0 Å². The standard InChI is InChI=1S/C20H16BrN3O5/c1-26-11-14(18(25)27-2)13-7-3-5-9-16(13)28-19-22-12-23-20(24-19)29-17-10-6-4-8-15(17)21/h3-12H,1-2H3. The molecule has 1 heterocycles.